The second-order valence-corrected chi connectivity index (χ2v) is 9.02. The third kappa shape index (κ3) is 6.62. The molecular weight excluding hydrogens is 512 g/mol. The molecule has 3 rings (SSSR count). The van der Waals surface area contributed by atoms with Crippen molar-refractivity contribution in [2.75, 3.05) is 5.73 Å². The first-order valence-electron chi connectivity index (χ1n) is 11.3. The molecule has 3 amide bonds. The van der Waals surface area contributed by atoms with E-state index in [0.29, 0.717) is 5.12 Å². The number of amides is 3. The van der Waals surface area contributed by atoms with E-state index < -0.39 is 61.5 Å². The summed E-state index contributed by atoms with van der Waals surface area (Å²) in [5.74, 6) is -3.72. The summed E-state index contributed by atoms with van der Waals surface area (Å²) in [5, 5.41) is 24.3. The van der Waals surface area contributed by atoms with E-state index in [2.05, 4.69) is 10.9 Å². The number of nitrogen functional groups attached to an aromatic ring is 1. The Labute approximate surface area is 221 Å². The van der Waals surface area contributed by atoms with Gasteiger partial charge in [0.05, 0.1) is 15.5 Å². The molecule has 4 N–H and O–H groups in total. The maximum Gasteiger partial charge on any atom is 0.390 e. The van der Waals surface area contributed by atoms with Crippen molar-refractivity contribution in [2.45, 2.75) is 26.4 Å². The fourth-order valence-electron chi connectivity index (χ4n) is 3.35. The summed E-state index contributed by atoms with van der Waals surface area (Å²) in [6.45, 7) is 4.63. The van der Waals surface area contributed by atoms with Crippen LogP contribution < -0.4 is 21.3 Å². The highest BCUT2D eigenvalue weighted by atomic mass is 16.6. The molecule has 0 aliphatic rings. The summed E-state index contributed by atoms with van der Waals surface area (Å²) in [5.41, 5.74) is 5.68. The van der Waals surface area contributed by atoms with Crippen LogP contribution in [-0.4, -0.2) is 38.3 Å². The van der Waals surface area contributed by atoms with Gasteiger partial charge in [0.15, 0.2) is 0 Å². The van der Waals surface area contributed by atoms with Gasteiger partial charge >= 0.3 is 11.4 Å². The Morgan fingerprint density at radius 2 is 1.26 bits per heavy atom. The Hall–Kier alpha value is -5.53. The van der Waals surface area contributed by atoms with E-state index in [-0.39, 0.29) is 11.1 Å². The van der Waals surface area contributed by atoms with Crippen LogP contribution in [0.1, 0.15) is 51.8 Å². The van der Waals surface area contributed by atoms with E-state index in [9.17, 15) is 34.6 Å². The average molecular weight is 537 g/mol. The molecule has 0 aliphatic carbocycles. The SMILES string of the molecule is CC(C)(C)Oc1c(N)cc(C(=O)N(NC(=O)c2ccccc2)NC(=O)c2ccccc2)c([N+](=O)[O-])c1[N+](=O)[O-]. The van der Waals surface area contributed by atoms with Crippen molar-refractivity contribution in [3.63, 3.8) is 0 Å². The van der Waals surface area contributed by atoms with E-state index in [1.54, 1.807) is 57.2 Å². The summed E-state index contributed by atoms with van der Waals surface area (Å²) in [6, 6.07) is 16.0. The number of nitrogens with zero attached hydrogens (tertiary/aromatic N) is 3. The zero-order valence-electron chi connectivity index (χ0n) is 21.0. The monoisotopic (exact) mass is 536 g/mol. The Kier molecular flexibility index (Phi) is 8.09. The Bertz CT molecular complexity index is 1380. The molecule has 0 saturated carbocycles. The molecule has 0 unspecified atom stereocenters. The lowest BCUT2D eigenvalue weighted by Gasteiger charge is -2.25. The maximum atomic E-state index is 13.6. The van der Waals surface area contributed by atoms with Gasteiger partial charge in [0.2, 0.25) is 5.75 Å². The molecule has 0 aromatic heterocycles. The Morgan fingerprint density at radius 1 is 0.821 bits per heavy atom. The zero-order valence-corrected chi connectivity index (χ0v) is 21.0. The van der Waals surface area contributed by atoms with Crippen molar-refractivity contribution < 1.29 is 29.0 Å². The molecule has 202 valence electrons. The predicted molar refractivity (Wildman–Crippen MR) is 139 cm³/mol. The van der Waals surface area contributed by atoms with Crippen LogP contribution in [0.2, 0.25) is 0 Å². The second-order valence-electron chi connectivity index (χ2n) is 9.02. The second kappa shape index (κ2) is 11.2. The van der Waals surface area contributed by atoms with E-state index in [0.717, 1.165) is 6.07 Å². The molecule has 3 aromatic rings. The first kappa shape index (κ1) is 28.0. The molecule has 14 nitrogen and oxygen atoms in total. The molecule has 0 bridgehead atoms. The molecule has 39 heavy (non-hydrogen) atoms. The molecule has 0 radical (unpaired) electrons. The molecule has 14 heteroatoms. The first-order valence-corrected chi connectivity index (χ1v) is 11.3. The summed E-state index contributed by atoms with van der Waals surface area (Å²) >= 11 is 0. The lowest BCUT2D eigenvalue weighted by Crippen LogP contribution is -2.56. The van der Waals surface area contributed by atoms with Gasteiger partial charge in [-0.2, -0.15) is 5.12 Å². The first-order chi connectivity index (χ1) is 18.3. The number of hydrogen-bond donors (Lipinski definition) is 3. The fraction of sp³-hybridized carbons (Fsp3) is 0.160. The number of nitro groups is 2. The summed E-state index contributed by atoms with van der Waals surface area (Å²) in [4.78, 5) is 61.0. The van der Waals surface area contributed by atoms with Crippen molar-refractivity contribution in [1.29, 1.82) is 0 Å². The third-order valence-electron chi connectivity index (χ3n) is 4.96. The summed E-state index contributed by atoms with van der Waals surface area (Å²) < 4.78 is 5.52. The molecule has 0 fully saturated rings. The van der Waals surface area contributed by atoms with Crippen LogP contribution in [0.5, 0.6) is 5.75 Å². The zero-order chi connectivity index (χ0) is 28.9. The third-order valence-corrected chi connectivity index (χ3v) is 4.96. The van der Waals surface area contributed by atoms with Gasteiger partial charge < -0.3 is 10.5 Å². The smallest absolute Gasteiger partial charge is 0.390 e. The van der Waals surface area contributed by atoms with Crippen molar-refractivity contribution in [3.05, 3.63) is 104 Å². The van der Waals surface area contributed by atoms with E-state index >= 15 is 0 Å². The van der Waals surface area contributed by atoms with Gasteiger partial charge in [-0.25, -0.2) is 10.9 Å². The number of benzene rings is 3. The van der Waals surface area contributed by atoms with Gasteiger partial charge in [-0.1, -0.05) is 36.4 Å². The van der Waals surface area contributed by atoms with Crippen LogP contribution >= 0.6 is 0 Å². The van der Waals surface area contributed by atoms with E-state index in [4.69, 9.17) is 10.5 Å². The highest BCUT2D eigenvalue weighted by Crippen LogP contribution is 2.45. The van der Waals surface area contributed by atoms with Crippen LogP contribution in [-0.2, 0) is 0 Å². The summed E-state index contributed by atoms with van der Waals surface area (Å²) in [6.07, 6.45) is 0. The van der Waals surface area contributed by atoms with Crippen molar-refractivity contribution in [3.8, 4) is 5.75 Å². The number of hydrogen-bond acceptors (Lipinski definition) is 9. The van der Waals surface area contributed by atoms with Gasteiger partial charge in [0.25, 0.3) is 17.7 Å². The van der Waals surface area contributed by atoms with Crippen molar-refractivity contribution in [2.24, 2.45) is 0 Å². The van der Waals surface area contributed by atoms with Gasteiger partial charge in [-0.15, -0.1) is 0 Å². The number of nitrogens with two attached hydrogens (primary N) is 1. The topological polar surface area (TPSA) is 200 Å². The van der Waals surface area contributed by atoms with Crippen LogP contribution in [0.4, 0.5) is 17.1 Å². The van der Waals surface area contributed by atoms with Crippen LogP contribution in [0.3, 0.4) is 0 Å². The Morgan fingerprint density at radius 3 is 1.64 bits per heavy atom. The fourth-order valence-corrected chi connectivity index (χ4v) is 3.35. The molecule has 0 heterocycles. The largest absolute Gasteiger partial charge is 0.479 e. The minimum atomic E-state index is -1.38. The average Bonchev–Trinajstić information content (AvgIpc) is 2.88. The van der Waals surface area contributed by atoms with Gasteiger partial charge in [0.1, 0.15) is 11.2 Å². The molecule has 3 aromatic carbocycles. The van der Waals surface area contributed by atoms with Crippen LogP contribution in [0.25, 0.3) is 0 Å². The minimum absolute atomic E-state index is 0.0816. The molecule has 0 aliphatic heterocycles. The number of carbonyl (C=O) groups is 3. The van der Waals surface area contributed by atoms with Crippen LogP contribution in [0, 0.1) is 20.2 Å². The van der Waals surface area contributed by atoms with E-state index in [1.165, 1.54) is 24.3 Å². The van der Waals surface area contributed by atoms with Gasteiger partial charge in [-0.3, -0.25) is 34.6 Å². The highest BCUT2D eigenvalue weighted by Gasteiger charge is 2.41. The number of hydrazine groups is 2. The number of rotatable bonds is 6. The molecule has 0 atom stereocenters. The lowest BCUT2D eigenvalue weighted by molar-refractivity contribution is -0.423. The van der Waals surface area contributed by atoms with Crippen LogP contribution in [0.15, 0.2) is 66.7 Å². The lowest BCUT2D eigenvalue weighted by atomic mass is 10.1. The van der Waals surface area contributed by atoms with Gasteiger partial charge in [-0.05, 0) is 51.1 Å². The Balaban J connectivity index is 2.15. The highest BCUT2D eigenvalue weighted by molar-refractivity contribution is 6.05. The standard InChI is InChI=1S/C25H24N6O8/c1-25(2,3)39-21-18(26)14-17(19(30(35)36)20(21)31(37)38)24(34)29(27-22(32)15-10-6-4-7-11-15)28-23(33)16-12-8-5-9-13-16/h4-14H,26H2,1-3H3,(H,27,32)(H,28,33). The number of nitro benzene ring substituents is 2. The van der Waals surface area contributed by atoms with Crippen molar-refractivity contribution >= 4 is 34.8 Å². The number of ether oxygens (including phenoxy) is 1. The van der Waals surface area contributed by atoms with E-state index in [1.807, 2.05) is 0 Å². The predicted octanol–water partition coefficient (Wildman–Crippen LogP) is 3.39. The molecular formula is C25H24N6O8. The summed E-state index contributed by atoms with van der Waals surface area (Å²) in [7, 11) is 0. The minimum Gasteiger partial charge on any atom is -0.479 e. The quantitative estimate of drug-likeness (QED) is 0.240. The normalized spacial score (nSPS) is 10.7. The number of nitrogens with one attached hydrogen (secondary N) is 2. The van der Waals surface area contributed by atoms with Gasteiger partial charge in [0, 0.05) is 11.1 Å². The molecule has 0 spiro atoms. The maximum absolute atomic E-state index is 13.6. The van der Waals surface area contributed by atoms with Crippen molar-refractivity contribution in [1.82, 2.24) is 16.0 Å². The number of anilines is 1. The molecule has 0 saturated heterocycles. The number of carbonyl (C=O) groups excluding carboxylic acids is 3.